The molecule has 5 nitrogen and oxygen atoms in total. The average Bonchev–Trinajstić information content (AvgIpc) is 2.85. The average molecular weight is 256 g/mol. The Morgan fingerprint density at radius 1 is 1.26 bits per heavy atom. The molecule has 0 radical (unpaired) electrons. The van der Waals surface area contributed by atoms with Gasteiger partial charge in [-0.3, -0.25) is 9.97 Å². The summed E-state index contributed by atoms with van der Waals surface area (Å²) in [7, 11) is 2.10. The highest BCUT2D eigenvalue weighted by atomic mass is 16.5. The summed E-state index contributed by atoms with van der Waals surface area (Å²) in [6.45, 7) is 2.01. The Morgan fingerprint density at radius 2 is 2.21 bits per heavy atom. The summed E-state index contributed by atoms with van der Waals surface area (Å²) >= 11 is 0. The molecule has 0 bridgehead atoms. The van der Waals surface area contributed by atoms with Crippen LogP contribution in [0.5, 0.6) is 5.88 Å². The van der Waals surface area contributed by atoms with Gasteiger partial charge in [0.05, 0.1) is 18.1 Å². The third-order valence-corrected chi connectivity index (χ3v) is 3.21. The van der Waals surface area contributed by atoms with Crippen molar-refractivity contribution in [2.75, 3.05) is 20.1 Å². The lowest BCUT2D eigenvalue weighted by atomic mass is 10.2. The molecule has 1 saturated heterocycles. The number of likely N-dealkylation sites (tertiary alicyclic amines) is 1. The van der Waals surface area contributed by atoms with Crippen LogP contribution in [-0.2, 0) is 0 Å². The molecule has 0 aliphatic carbocycles. The number of aromatic nitrogens is 3. The van der Waals surface area contributed by atoms with Gasteiger partial charge >= 0.3 is 0 Å². The highest BCUT2D eigenvalue weighted by molar-refractivity contribution is 5.56. The second-order valence-electron chi connectivity index (χ2n) is 4.78. The topological polar surface area (TPSA) is 51.1 Å². The Bertz CT molecular complexity index is 546. The van der Waals surface area contributed by atoms with E-state index < -0.39 is 0 Å². The molecule has 1 aliphatic rings. The van der Waals surface area contributed by atoms with Crippen molar-refractivity contribution < 1.29 is 4.74 Å². The zero-order chi connectivity index (χ0) is 13.1. The van der Waals surface area contributed by atoms with Gasteiger partial charge < -0.3 is 9.64 Å². The molecule has 2 aromatic rings. The molecule has 3 rings (SSSR count). The molecule has 1 aliphatic heterocycles. The fraction of sp³-hybridized carbons (Fsp3) is 0.357. The maximum absolute atomic E-state index is 5.87. The van der Waals surface area contributed by atoms with Crippen molar-refractivity contribution in [3.05, 3.63) is 36.9 Å². The van der Waals surface area contributed by atoms with E-state index in [1.807, 2.05) is 12.1 Å². The molecular formula is C14H16N4O. The second kappa shape index (κ2) is 5.32. The van der Waals surface area contributed by atoms with Crippen LogP contribution in [0, 0.1) is 0 Å². The van der Waals surface area contributed by atoms with Crippen molar-refractivity contribution in [2.24, 2.45) is 0 Å². The first-order valence-electron chi connectivity index (χ1n) is 6.39. The van der Waals surface area contributed by atoms with Gasteiger partial charge in [0.25, 0.3) is 0 Å². The summed E-state index contributed by atoms with van der Waals surface area (Å²) in [4.78, 5) is 15.0. The van der Waals surface area contributed by atoms with Crippen LogP contribution in [-0.4, -0.2) is 46.1 Å². The minimum Gasteiger partial charge on any atom is -0.472 e. The zero-order valence-corrected chi connectivity index (χ0v) is 10.9. The molecule has 0 saturated carbocycles. The third-order valence-electron chi connectivity index (χ3n) is 3.21. The highest BCUT2D eigenvalue weighted by Gasteiger charge is 2.21. The van der Waals surface area contributed by atoms with E-state index in [1.54, 1.807) is 24.8 Å². The molecular weight excluding hydrogens is 240 g/mol. The Kier molecular flexibility index (Phi) is 3.37. The number of pyridine rings is 1. The molecule has 3 heterocycles. The second-order valence-corrected chi connectivity index (χ2v) is 4.78. The lowest BCUT2D eigenvalue weighted by molar-refractivity contribution is 0.199. The molecule has 0 N–H and O–H groups in total. The monoisotopic (exact) mass is 256 g/mol. The summed E-state index contributed by atoms with van der Waals surface area (Å²) in [6.07, 6.45) is 8.16. The van der Waals surface area contributed by atoms with Gasteiger partial charge in [0, 0.05) is 31.0 Å². The Morgan fingerprint density at radius 3 is 2.95 bits per heavy atom. The normalized spacial score (nSPS) is 19.5. The van der Waals surface area contributed by atoms with E-state index in [0.717, 1.165) is 30.8 Å². The predicted molar refractivity (Wildman–Crippen MR) is 71.8 cm³/mol. The summed E-state index contributed by atoms with van der Waals surface area (Å²) in [5, 5.41) is 0. The minimum atomic E-state index is 0.212. The van der Waals surface area contributed by atoms with Gasteiger partial charge in [-0.2, -0.15) is 0 Å². The fourth-order valence-electron chi connectivity index (χ4n) is 2.22. The van der Waals surface area contributed by atoms with E-state index in [2.05, 4.69) is 26.9 Å². The van der Waals surface area contributed by atoms with Gasteiger partial charge in [0.2, 0.25) is 5.88 Å². The van der Waals surface area contributed by atoms with Gasteiger partial charge in [-0.1, -0.05) is 0 Å². The Balaban J connectivity index is 1.77. The van der Waals surface area contributed by atoms with Gasteiger partial charge in [0.1, 0.15) is 6.10 Å². The Hall–Kier alpha value is -2.01. The molecule has 19 heavy (non-hydrogen) atoms. The van der Waals surface area contributed by atoms with Gasteiger partial charge in [-0.15, -0.1) is 0 Å². The molecule has 0 unspecified atom stereocenters. The van der Waals surface area contributed by atoms with E-state index in [9.17, 15) is 0 Å². The summed E-state index contributed by atoms with van der Waals surface area (Å²) in [6, 6.07) is 3.85. The van der Waals surface area contributed by atoms with Crippen molar-refractivity contribution in [3.63, 3.8) is 0 Å². The Labute approximate surface area is 112 Å². The molecule has 0 spiro atoms. The van der Waals surface area contributed by atoms with Crippen LogP contribution in [0.15, 0.2) is 36.9 Å². The SMILES string of the molecule is CN1CC[C@H](Oc2cncc(-c3cccnc3)n2)C1. The van der Waals surface area contributed by atoms with Crippen LogP contribution in [0.3, 0.4) is 0 Å². The molecule has 0 amide bonds. The van der Waals surface area contributed by atoms with Crippen LogP contribution in [0.2, 0.25) is 0 Å². The molecule has 1 atom stereocenters. The molecule has 1 fully saturated rings. The maximum Gasteiger partial charge on any atom is 0.233 e. The summed E-state index contributed by atoms with van der Waals surface area (Å²) in [5.74, 6) is 0.585. The van der Waals surface area contributed by atoms with Crippen LogP contribution >= 0.6 is 0 Å². The highest BCUT2D eigenvalue weighted by Crippen LogP contribution is 2.19. The maximum atomic E-state index is 5.87. The predicted octanol–water partition coefficient (Wildman–Crippen LogP) is 1.62. The van der Waals surface area contributed by atoms with E-state index in [1.165, 1.54) is 0 Å². The first-order chi connectivity index (χ1) is 9.31. The molecule has 98 valence electrons. The van der Waals surface area contributed by atoms with Crippen molar-refractivity contribution in [3.8, 4) is 17.1 Å². The number of nitrogens with zero attached hydrogens (tertiary/aromatic N) is 4. The van der Waals surface area contributed by atoms with Gasteiger partial charge in [-0.05, 0) is 25.6 Å². The number of ether oxygens (including phenoxy) is 1. The van der Waals surface area contributed by atoms with E-state index in [0.29, 0.717) is 5.88 Å². The van der Waals surface area contributed by atoms with Crippen LogP contribution < -0.4 is 4.74 Å². The standard InChI is InChI=1S/C14H16N4O/c1-18-6-4-12(10-18)19-14-9-16-8-13(17-14)11-3-2-5-15-7-11/h2-3,5,7-9,12H,4,6,10H2,1H3/t12-/m0/s1. The molecule has 2 aromatic heterocycles. The first kappa shape index (κ1) is 12.0. The van der Waals surface area contributed by atoms with E-state index in [4.69, 9.17) is 4.74 Å². The van der Waals surface area contributed by atoms with Crippen molar-refractivity contribution in [1.29, 1.82) is 0 Å². The van der Waals surface area contributed by atoms with Gasteiger partial charge in [-0.25, -0.2) is 4.98 Å². The van der Waals surface area contributed by atoms with E-state index in [-0.39, 0.29) is 6.10 Å². The number of hydrogen-bond acceptors (Lipinski definition) is 5. The smallest absolute Gasteiger partial charge is 0.233 e. The quantitative estimate of drug-likeness (QED) is 0.835. The van der Waals surface area contributed by atoms with Crippen molar-refractivity contribution in [1.82, 2.24) is 19.9 Å². The zero-order valence-electron chi connectivity index (χ0n) is 10.9. The van der Waals surface area contributed by atoms with Crippen molar-refractivity contribution >= 4 is 0 Å². The lowest BCUT2D eigenvalue weighted by Crippen LogP contribution is -2.21. The lowest BCUT2D eigenvalue weighted by Gasteiger charge is -2.13. The van der Waals surface area contributed by atoms with Crippen LogP contribution in [0.25, 0.3) is 11.3 Å². The summed E-state index contributed by atoms with van der Waals surface area (Å²) < 4.78 is 5.87. The van der Waals surface area contributed by atoms with Crippen LogP contribution in [0.1, 0.15) is 6.42 Å². The van der Waals surface area contributed by atoms with Gasteiger partial charge in [0.15, 0.2) is 0 Å². The first-order valence-corrected chi connectivity index (χ1v) is 6.39. The minimum absolute atomic E-state index is 0.212. The van der Waals surface area contributed by atoms with E-state index >= 15 is 0 Å². The van der Waals surface area contributed by atoms with Crippen LogP contribution in [0.4, 0.5) is 0 Å². The largest absolute Gasteiger partial charge is 0.472 e. The number of rotatable bonds is 3. The molecule has 0 aromatic carbocycles. The summed E-state index contributed by atoms with van der Waals surface area (Å²) in [5.41, 5.74) is 1.74. The molecule has 5 heteroatoms. The third kappa shape index (κ3) is 2.88. The number of hydrogen-bond donors (Lipinski definition) is 0. The number of likely N-dealkylation sites (N-methyl/N-ethyl adjacent to an activating group) is 1. The fourth-order valence-corrected chi connectivity index (χ4v) is 2.22. The van der Waals surface area contributed by atoms with Crippen molar-refractivity contribution in [2.45, 2.75) is 12.5 Å².